The van der Waals surface area contributed by atoms with Gasteiger partial charge in [0.05, 0.1) is 29.1 Å². The number of carboxylic acids is 1. The average molecular weight is 267 g/mol. The molecule has 0 bridgehead atoms. The van der Waals surface area contributed by atoms with Gasteiger partial charge in [0.25, 0.3) is 0 Å². The predicted octanol–water partition coefficient (Wildman–Crippen LogP) is 1.19. The molecule has 0 aliphatic rings. The summed E-state index contributed by atoms with van der Waals surface area (Å²) < 4.78 is 23.5. The Kier molecular flexibility index (Phi) is 4.45. The van der Waals surface area contributed by atoms with Gasteiger partial charge < -0.3 is 5.11 Å². The first kappa shape index (κ1) is 14.2. The van der Waals surface area contributed by atoms with Crippen LogP contribution < -0.4 is 0 Å². The molecule has 0 radical (unpaired) electrons. The van der Waals surface area contributed by atoms with E-state index in [9.17, 15) is 13.2 Å². The van der Waals surface area contributed by atoms with Crippen molar-refractivity contribution in [1.82, 2.24) is 0 Å². The van der Waals surface area contributed by atoms with E-state index in [2.05, 4.69) is 0 Å². The van der Waals surface area contributed by atoms with Gasteiger partial charge in [0.15, 0.2) is 9.84 Å². The van der Waals surface area contributed by atoms with Crippen molar-refractivity contribution in [3.05, 3.63) is 35.4 Å². The summed E-state index contributed by atoms with van der Waals surface area (Å²) in [5.41, 5.74) is 0.876. The van der Waals surface area contributed by atoms with Gasteiger partial charge >= 0.3 is 5.97 Å². The molecule has 1 atom stereocenters. The predicted molar refractivity (Wildman–Crippen MR) is 65.4 cm³/mol. The fourth-order valence-corrected chi connectivity index (χ4v) is 3.21. The quantitative estimate of drug-likeness (QED) is 0.864. The molecule has 1 rings (SSSR count). The van der Waals surface area contributed by atoms with E-state index in [0.717, 1.165) is 0 Å². The molecule has 0 spiro atoms. The molecule has 1 unspecified atom stereocenters. The molecule has 0 saturated heterocycles. The van der Waals surface area contributed by atoms with Crippen molar-refractivity contribution < 1.29 is 18.3 Å². The highest BCUT2D eigenvalue weighted by molar-refractivity contribution is 7.90. The molecule has 1 N–H and O–H groups in total. The van der Waals surface area contributed by atoms with Gasteiger partial charge in [-0.25, -0.2) is 8.42 Å². The number of hydrogen-bond acceptors (Lipinski definition) is 4. The number of rotatable bonds is 5. The Morgan fingerprint density at radius 1 is 1.50 bits per heavy atom. The van der Waals surface area contributed by atoms with Crippen molar-refractivity contribution in [3.8, 4) is 6.07 Å². The summed E-state index contributed by atoms with van der Waals surface area (Å²) in [7, 11) is -3.49. The van der Waals surface area contributed by atoms with E-state index in [1.807, 2.05) is 6.07 Å². The van der Waals surface area contributed by atoms with Gasteiger partial charge in [-0.2, -0.15) is 5.26 Å². The van der Waals surface area contributed by atoms with Gasteiger partial charge in [-0.05, 0) is 17.7 Å². The van der Waals surface area contributed by atoms with Crippen molar-refractivity contribution >= 4 is 15.8 Å². The molecular weight excluding hydrogens is 254 g/mol. The molecule has 0 fully saturated rings. The van der Waals surface area contributed by atoms with Crippen molar-refractivity contribution in [2.45, 2.75) is 12.7 Å². The third-order valence-electron chi connectivity index (χ3n) is 2.37. The summed E-state index contributed by atoms with van der Waals surface area (Å²) >= 11 is 0. The van der Waals surface area contributed by atoms with Crippen LogP contribution in [0.2, 0.25) is 0 Å². The smallest absolute Gasteiger partial charge is 0.307 e. The van der Waals surface area contributed by atoms with Crippen molar-refractivity contribution in [3.63, 3.8) is 0 Å². The highest BCUT2D eigenvalue weighted by Gasteiger charge is 2.21. The maximum absolute atomic E-state index is 11.8. The monoisotopic (exact) mass is 267 g/mol. The van der Waals surface area contributed by atoms with Crippen LogP contribution in [-0.2, 0) is 20.4 Å². The van der Waals surface area contributed by atoms with Crippen LogP contribution in [0.1, 0.15) is 18.1 Å². The molecule has 0 amide bonds. The summed E-state index contributed by atoms with van der Waals surface area (Å²) in [6.07, 6.45) is 0. The number of nitriles is 1. The number of hydrogen-bond donors (Lipinski definition) is 1. The lowest BCUT2D eigenvalue weighted by Crippen LogP contribution is -2.22. The molecule has 1 aromatic rings. The Labute approximate surface area is 106 Å². The van der Waals surface area contributed by atoms with Gasteiger partial charge in [0, 0.05) is 0 Å². The maximum Gasteiger partial charge on any atom is 0.307 e. The fraction of sp³-hybridized carbons (Fsp3) is 0.333. The number of benzene rings is 1. The first-order valence-corrected chi connectivity index (χ1v) is 7.08. The Morgan fingerprint density at radius 3 is 2.72 bits per heavy atom. The van der Waals surface area contributed by atoms with Gasteiger partial charge in [0.2, 0.25) is 0 Å². The zero-order valence-corrected chi connectivity index (χ0v) is 10.6. The van der Waals surface area contributed by atoms with Crippen molar-refractivity contribution in [2.75, 3.05) is 5.75 Å². The van der Waals surface area contributed by atoms with E-state index in [-0.39, 0.29) is 5.75 Å². The number of nitrogens with zero attached hydrogens (tertiary/aromatic N) is 1. The molecule has 1 aromatic carbocycles. The van der Waals surface area contributed by atoms with E-state index < -0.39 is 27.5 Å². The second-order valence-electron chi connectivity index (χ2n) is 4.11. The second-order valence-corrected chi connectivity index (χ2v) is 6.22. The standard InChI is InChI=1S/C12H13NO4S/c1-9(12(14)15)7-18(16,17)8-11-4-2-3-10(5-11)6-13/h2-5,9H,7-8H2,1H3,(H,14,15). The van der Waals surface area contributed by atoms with E-state index in [4.69, 9.17) is 10.4 Å². The Morgan fingerprint density at radius 2 is 2.17 bits per heavy atom. The van der Waals surface area contributed by atoms with E-state index >= 15 is 0 Å². The first-order valence-electron chi connectivity index (χ1n) is 5.26. The Hall–Kier alpha value is -1.87. The second kappa shape index (κ2) is 5.65. The van der Waals surface area contributed by atoms with Gasteiger partial charge in [-0.3, -0.25) is 4.79 Å². The molecule has 0 aliphatic carbocycles. The molecule has 0 saturated carbocycles. The largest absolute Gasteiger partial charge is 0.481 e. The van der Waals surface area contributed by atoms with Crippen LogP contribution >= 0.6 is 0 Å². The summed E-state index contributed by atoms with van der Waals surface area (Å²) in [5, 5.41) is 17.4. The molecule has 96 valence electrons. The van der Waals surface area contributed by atoms with Crippen LogP contribution in [-0.4, -0.2) is 25.2 Å². The summed E-state index contributed by atoms with van der Waals surface area (Å²) in [4.78, 5) is 10.6. The van der Waals surface area contributed by atoms with Crippen LogP contribution in [0.5, 0.6) is 0 Å². The van der Waals surface area contributed by atoms with E-state index in [1.54, 1.807) is 18.2 Å². The van der Waals surface area contributed by atoms with Crippen LogP contribution in [0, 0.1) is 17.2 Å². The minimum absolute atomic E-state index is 0.250. The molecule has 0 aliphatic heterocycles. The average Bonchev–Trinajstić information content (AvgIpc) is 2.27. The number of aliphatic carboxylic acids is 1. The summed E-state index contributed by atoms with van der Waals surface area (Å²) in [5.74, 6) is -2.72. The number of sulfone groups is 1. The normalized spacial score (nSPS) is 12.7. The van der Waals surface area contributed by atoms with Crippen molar-refractivity contribution in [1.29, 1.82) is 5.26 Å². The zero-order valence-electron chi connectivity index (χ0n) is 9.83. The minimum Gasteiger partial charge on any atom is -0.481 e. The fourth-order valence-electron chi connectivity index (χ4n) is 1.50. The SMILES string of the molecule is CC(CS(=O)(=O)Cc1cccc(C#N)c1)C(=O)O. The van der Waals surface area contributed by atoms with Crippen LogP contribution in [0.4, 0.5) is 0 Å². The van der Waals surface area contributed by atoms with E-state index in [1.165, 1.54) is 13.0 Å². The summed E-state index contributed by atoms with van der Waals surface area (Å²) in [6.45, 7) is 1.35. The van der Waals surface area contributed by atoms with Crippen LogP contribution in [0.25, 0.3) is 0 Å². The Balaban J connectivity index is 2.83. The van der Waals surface area contributed by atoms with Crippen LogP contribution in [0.3, 0.4) is 0 Å². The van der Waals surface area contributed by atoms with Gasteiger partial charge in [0.1, 0.15) is 0 Å². The lowest BCUT2D eigenvalue weighted by molar-refractivity contribution is -0.140. The third-order valence-corrected chi connectivity index (χ3v) is 4.15. The number of carboxylic acid groups (broad SMARTS) is 1. The first-order chi connectivity index (χ1) is 8.34. The maximum atomic E-state index is 11.8. The minimum atomic E-state index is -3.49. The lowest BCUT2D eigenvalue weighted by Gasteiger charge is -2.08. The topological polar surface area (TPSA) is 95.2 Å². The molecule has 6 heteroatoms. The van der Waals surface area contributed by atoms with E-state index in [0.29, 0.717) is 11.1 Å². The molecule has 18 heavy (non-hydrogen) atoms. The Bertz CT molecular complexity index is 586. The van der Waals surface area contributed by atoms with Gasteiger partial charge in [-0.1, -0.05) is 19.1 Å². The van der Waals surface area contributed by atoms with Gasteiger partial charge in [-0.15, -0.1) is 0 Å². The zero-order chi connectivity index (χ0) is 13.8. The molecular formula is C12H13NO4S. The lowest BCUT2D eigenvalue weighted by atomic mass is 10.2. The summed E-state index contributed by atoms with van der Waals surface area (Å²) in [6, 6.07) is 8.19. The number of carbonyl (C=O) groups is 1. The third kappa shape index (κ3) is 4.18. The molecule has 0 aromatic heterocycles. The molecule has 5 nitrogen and oxygen atoms in total. The van der Waals surface area contributed by atoms with Crippen LogP contribution in [0.15, 0.2) is 24.3 Å². The highest BCUT2D eigenvalue weighted by atomic mass is 32.2. The highest BCUT2D eigenvalue weighted by Crippen LogP contribution is 2.12. The molecule has 0 heterocycles. The van der Waals surface area contributed by atoms with Crippen molar-refractivity contribution in [2.24, 2.45) is 5.92 Å².